The Morgan fingerprint density at radius 3 is 2.46 bits per heavy atom. The van der Waals surface area contributed by atoms with Crippen LogP contribution in [0.15, 0.2) is 55.0 Å². The van der Waals surface area contributed by atoms with Crippen LogP contribution in [0.2, 0.25) is 0 Å². The van der Waals surface area contributed by atoms with E-state index < -0.39 is 12.0 Å². The van der Waals surface area contributed by atoms with Crippen LogP contribution in [0.5, 0.6) is 0 Å². The highest BCUT2D eigenvalue weighted by molar-refractivity contribution is 6.07. The Morgan fingerprint density at radius 2 is 1.80 bits per heavy atom. The van der Waals surface area contributed by atoms with Gasteiger partial charge in [-0.15, -0.1) is 0 Å². The first kappa shape index (κ1) is 29.1. The number of hydrogen-bond acceptors (Lipinski definition) is 5. The van der Waals surface area contributed by atoms with Crippen LogP contribution in [-0.4, -0.2) is 57.2 Å². The number of carboxylic acids is 1. The van der Waals surface area contributed by atoms with Crippen molar-refractivity contribution in [3.8, 4) is 0 Å². The van der Waals surface area contributed by atoms with E-state index in [2.05, 4.69) is 15.7 Å². The van der Waals surface area contributed by atoms with Crippen molar-refractivity contribution >= 4 is 46.0 Å². The molecule has 1 atom stereocenters. The number of carbonyl (C=O) groups excluding carboxylic acids is 3. The molecule has 0 spiro atoms. The second-order valence-electron chi connectivity index (χ2n) is 10.1. The summed E-state index contributed by atoms with van der Waals surface area (Å²) < 4.78 is 3.42. The quantitative estimate of drug-likeness (QED) is 0.270. The maximum absolute atomic E-state index is 13.6. The summed E-state index contributed by atoms with van der Waals surface area (Å²) in [5.41, 5.74) is 4.34. The maximum Gasteiger partial charge on any atom is 0.303 e. The van der Waals surface area contributed by atoms with E-state index in [0.29, 0.717) is 35.3 Å². The molecule has 0 aliphatic heterocycles. The largest absolute Gasteiger partial charge is 0.481 e. The third kappa shape index (κ3) is 6.29. The van der Waals surface area contributed by atoms with Gasteiger partial charge in [-0.2, -0.15) is 5.10 Å². The molecule has 2 aromatic carbocycles. The van der Waals surface area contributed by atoms with Gasteiger partial charge in [0.25, 0.3) is 11.8 Å². The number of amides is 3. The predicted molar refractivity (Wildman–Crippen MR) is 156 cm³/mol. The molecule has 0 saturated heterocycles. The average molecular weight is 559 g/mol. The molecule has 214 valence electrons. The Bertz CT molecular complexity index is 1640. The van der Waals surface area contributed by atoms with Crippen LogP contribution in [0, 0.1) is 6.92 Å². The molecule has 0 aliphatic carbocycles. The average Bonchev–Trinajstić information content (AvgIpc) is 3.54. The van der Waals surface area contributed by atoms with Crippen molar-refractivity contribution in [3.05, 3.63) is 77.2 Å². The van der Waals surface area contributed by atoms with Crippen LogP contribution in [-0.2, 0) is 23.1 Å². The number of aliphatic carboxylic acids is 1. The number of nitrogens with zero attached hydrogens (tertiary/aromatic N) is 4. The number of aromatic nitrogens is 3. The highest BCUT2D eigenvalue weighted by atomic mass is 16.4. The van der Waals surface area contributed by atoms with Crippen molar-refractivity contribution < 1.29 is 24.3 Å². The lowest BCUT2D eigenvalue weighted by Crippen LogP contribution is -2.27. The predicted octanol–water partition coefficient (Wildman–Crippen LogP) is 3.93. The van der Waals surface area contributed by atoms with E-state index in [-0.39, 0.29) is 24.1 Å². The van der Waals surface area contributed by atoms with Gasteiger partial charge in [0, 0.05) is 67.7 Å². The van der Waals surface area contributed by atoms with Gasteiger partial charge in [0.1, 0.15) is 6.04 Å². The van der Waals surface area contributed by atoms with E-state index in [1.807, 2.05) is 23.8 Å². The molecule has 4 rings (SSSR count). The van der Waals surface area contributed by atoms with Crippen molar-refractivity contribution in [2.75, 3.05) is 24.3 Å². The number of anilines is 2. The van der Waals surface area contributed by atoms with E-state index in [1.54, 1.807) is 75.5 Å². The van der Waals surface area contributed by atoms with Crippen LogP contribution in [0.4, 0.5) is 11.4 Å². The zero-order valence-corrected chi connectivity index (χ0v) is 23.8. The van der Waals surface area contributed by atoms with Crippen molar-refractivity contribution in [3.63, 3.8) is 0 Å². The lowest BCUT2D eigenvalue weighted by molar-refractivity contribution is -0.137. The molecular formula is C30H34N6O5. The molecule has 0 radical (unpaired) electrons. The number of nitrogens with one attached hydrogen (secondary N) is 2. The van der Waals surface area contributed by atoms with E-state index in [9.17, 15) is 19.2 Å². The van der Waals surface area contributed by atoms with E-state index >= 15 is 0 Å². The zero-order valence-electron chi connectivity index (χ0n) is 23.8. The third-order valence-electron chi connectivity index (χ3n) is 7.15. The summed E-state index contributed by atoms with van der Waals surface area (Å²) in [5, 5.41) is 19.7. The van der Waals surface area contributed by atoms with Crippen LogP contribution < -0.4 is 15.5 Å². The Morgan fingerprint density at radius 1 is 1.07 bits per heavy atom. The van der Waals surface area contributed by atoms with Crippen LogP contribution >= 0.6 is 0 Å². The molecular weight excluding hydrogens is 524 g/mol. The molecule has 41 heavy (non-hydrogen) atoms. The van der Waals surface area contributed by atoms with Crippen molar-refractivity contribution in [1.29, 1.82) is 0 Å². The van der Waals surface area contributed by atoms with Crippen LogP contribution in [0.3, 0.4) is 0 Å². The van der Waals surface area contributed by atoms with Crippen molar-refractivity contribution in [2.45, 2.75) is 39.2 Å². The minimum absolute atomic E-state index is 0.0173. The van der Waals surface area contributed by atoms with Crippen molar-refractivity contribution in [1.82, 2.24) is 19.7 Å². The summed E-state index contributed by atoms with van der Waals surface area (Å²) in [6.45, 7) is 3.70. The summed E-state index contributed by atoms with van der Waals surface area (Å²) in [6.07, 6.45) is 5.95. The molecule has 3 amide bonds. The molecule has 1 unspecified atom stereocenters. The zero-order chi connectivity index (χ0) is 29.8. The molecule has 0 saturated carbocycles. The first-order valence-electron chi connectivity index (χ1n) is 13.3. The van der Waals surface area contributed by atoms with Gasteiger partial charge in [0.15, 0.2) is 0 Å². The number of fused-ring (bicyclic) bond motifs is 1. The molecule has 0 aliphatic rings. The van der Waals surface area contributed by atoms with E-state index in [4.69, 9.17) is 5.11 Å². The normalized spacial score (nSPS) is 11.7. The molecule has 0 bridgehead atoms. The minimum Gasteiger partial charge on any atom is -0.481 e. The lowest BCUT2D eigenvalue weighted by atomic mass is 10.0. The van der Waals surface area contributed by atoms with Gasteiger partial charge in [-0.25, -0.2) is 0 Å². The first-order valence-corrected chi connectivity index (χ1v) is 13.3. The summed E-state index contributed by atoms with van der Waals surface area (Å²) in [7, 11) is 4.97. The number of rotatable bonds is 10. The van der Waals surface area contributed by atoms with Gasteiger partial charge in [0.2, 0.25) is 5.91 Å². The second-order valence-corrected chi connectivity index (χ2v) is 10.1. The summed E-state index contributed by atoms with van der Waals surface area (Å²) in [5.74, 6) is -1.73. The summed E-state index contributed by atoms with van der Waals surface area (Å²) in [6, 6.07) is 9.76. The Labute approximate surface area is 237 Å². The van der Waals surface area contributed by atoms with Gasteiger partial charge in [-0.05, 0) is 62.1 Å². The molecule has 3 N–H and O–H groups in total. The third-order valence-corrected chi connectivity index (χ3v) is 7.15. The van der Waals surface area contributed by atoms with Crippen LogP contribution in [0.1, 0.15) is 57.7 Å². The summed E-state index contributed by atoms with van der Waals surface area (Å²) >= 11 is 0. The minimum atomic E-state index is -0.903. The Kier molecular flexibility index (Phi) is 8.56. The lowest BCUT2D eigenvalue weighted by Gasteiger charge is -2.20. The van der Waals surface area contributed by atoms with Crippen LogP contribution in [0.25, 0.3) is 10.9 Å². The number of carbonyl (C=O) groups is 4. The van der Waals surface area contributed by atoms with Gasteiger partial charge >= 0.3 is 5.97 Å². The highest BCUT2D eigenvalue weighted by Crippen LogP contribution is 2.28. The van der Waals surface area contributed by atoms with Gasteiger partial charge < -0.3 is 25.2 Å². The number of aryl methyl sites for hydroxylation is 3. The molecule has 2 aromatic heterocycles. The van der Waals surface area contributed by atoms with Crippen molar-refractivity contribution in [2.24, 2.45) is 7.05 Å². The fourth-order valence-electron chi connectivity index (χ4n) is 4.76. The highest BCUT2D eigenvalue weighted by Gasteiger charge is 2.22. The summed E-state index contributed by atoms with van der Waals surface area (Å²) in [4.78, 5) is 51.7. The molecule has 11 heteroatoms. The second kappa shape index (κ2) is 12.1. The Hall–Kier alpha value is -4.93. The molecule has 4 aromatic rings. The standard InChI is InChI=1S/C30H34N6O5/c1-18-16-36(26-14-21(29(40)31-3)11-12-24(18)26)19(2)28(39)33-25-13-22(10-9-20(25)7-6-8-27(37)38)30(41)35(5)23-15-32-34(4)17-23/h9-17,19H,6-8H2,1-5H3,(H,31,40)(H,33,39)(H,37,38). The van der Waals surface area contributed by atoms with Gasteiger partial charge in [-0.3, -0.25) is 23.9 Å². The number of hydrogen-bond donors (Lipinski definition) is 3. The SMILES string of the molecule is CNC(=O)c1ccc2c(C)cn(C(C)C(=O)Nc3cc(C(=O)N(C)c4cnn(C)c4)ccc3CCCC(=O)O)c2c1. The maximum atomic E-state index is 13.6. The fourth-order valence-corrected chi connectivity index (χ4v) is 4.76. The van der Waals surface area contributed by atoms with Gasteiger partial charge in [-0.1, -0.05) is 12.1 Å². The topological polar surface area (TPSA) is 139 Å². The molecule has 11 nitrogen and oxygen atoms in total. The molecule has 2 heterocycles. The fraction of sp³-hybridized carbons (Fsp3) is 0.300. The van der Waals surface area contributed by atoms with E-state index in [1.165, 1.54) is 4.90 Å². The number of benzene rings is 2. The Balaban J connectivity index is 1.65. The first-order chi connectivity index (χ1) is 19.5. The monoisotopic (exact) mass is 558 g/mol. The molecule has 0 fully saturated rings. The van der Waals surface area contributed by atoms with Gasteiger partial charge in [0.05, 0.1) is 11.9 Å². The van der Waals surface area contributed by atoms with E-state index in [0.717, 1.165) is 22.0 Å². The number of carboxylic acid groups (broad SMARTS) is 1. The smallest absolute Gasteiger partial charge is 0.303 e.